The Bertz CT molecular complexity index is 879. The van der Waals surface area contributed by atoms with Crippen LogP contribution in [0.5, 0.6) is 0 Å². The van der Waals surface area contributed by atoms with Gasteiger partial charge in [-0.1, -0.05) is 6.07 Å². The van der Waals surface area contributed by atoms with E-state index in [1.165, 1.54) is 12.3 Å². The first-order valence-electron chi connectivity index (χ1n) is 9.01. The van der Waals surface area contributed by atoms with Crippen LogP contribution in [0.15, 0.2) is 30.5 Å². The van der Waals surface area contributed by atoms with Crippen molar-refractivity contribution in [1.29, 1.82) is 0 Å². The van der Waals surface area contributed by atoms with Crippen LogP contribution in [0.4, 0.5) is 32.2 Å². The minimum atomic E-state index is -4.91. The minimum Gasteiger partial charge on any atom is -0.370 e. The predicted octanol–water partition coefficient (Wildman–Crippen LogP) is 3.77. The zero-order valence-electron chi connectivity index (χ0n) is 15.5. The topological polar surface area (TPSA) is 71.0 Å². The number of nitrogens with zero attached hydrogens (tertiary/aromatic N) is 4. The second kappa shape index (κ2) is 8.44. The quantitative estimate of drug-likeness (QED) is 0.744. The Kier molecular flexibility index (Phi) is 6.13. The van der Waals surface area contributed by atoms with E-state index < -0.39 is 24.0 Å². The van der Waals surface area contributed by atoms with Gasteiger partial charge < -0.3 is 10.2 Å². The van der Waals surface area contributed by atoms with Gasteiger partial charge in [0.25, 0.3) is 0 Å². The van der Waals surface area contributed by atoms with E-state index in [0.29, 0.717) is 12.8 Å². The Hall–Kier alpha value is -2.92. The third-order valence-electron chi connectivity index (χ3n) is 4.63. The summed E-state index contributed by atoms with van der Waals surface area (Å²) in [6, 6.07) is 5.45. The van der Waals surface area contributed by atoms with Gasteiger partial charge in [-0.05, 0) is 30.9 Å². The number of nitrogens with one attached hydrogen (secondary N) is 1. The summed E-state index contributed by atoms with van der Waals surface area (Å²) >= 11 is 0. The predicted molar refractivity (Wildman–Crippen MR) is 94.1 cm³/mol. The molecule has 0 spiro atoms. The number of hydrogen-bond donors (Lipinski definition) is 1. The molecule has 12 heteroatoms. The van der Waals surface area contributed by atoms with Crippen LogP contribution in [0, 0.1) is 5.92 Å². The van der Waals surface area contributed by atoms with Gasteiger partial charge in [0.15, 0.2) is 11.5 Å². The molecule has 2 aromatic heterocycles. The third-order valence-corrected chi connectivity index (χ3v) is 4.63. The Morgan fingerprint density at radius 1 is 1.10 bits per heavy atom. The molecule has 0 bridgehead atoms. The van der Waals surface area contributed by atoms with E-state index in [9.17, 15) is 31.1 Å². The zero-order chi connectivity index (χ0) is 21.9. The van der Waals surface area contributed by atoms with Crippen molar-refractivity contribution in [3.63, 3.8) is 0 Å². The van der Waals surface area contributed by atoms with Crippen molar-refractivity contribution in [2.75, 3.05) is 25.0 Å². The fraction of sp³-hybridized carbons (Fsp3) is 0.444. The van der Waals surface area contributed by atoms with Crippen molar-refractivity contribution in [3.8, 4) is 11.5 Å². The SMILES string of the molecule is O=C(N1CCC(CNc2cc(C(F)(F)F)nc(-c3ccccn3)n2)CC1)C(F)(F)F. The van der Waals surface area contributed by atoms with Crippen molar-refractivity contribution in [3.05, 3.63) is 36.2 Å². The van der Waals surface area contributed by atoms with Crippen molar-refractivity contribution < 1.29 is 31.1 Å². The molecule has 30 heavy (non-hydrogen) atoms. The molecular formula is C18H17F6N5O. The molecule has 0 saturated carbocycles. The van der Waals surface area contributed by atoms with Crippen LogP contribution in [0.3, 0.4) is 0 Å². The number of hydrogen-bond acceptors (Lipinski definition) is 5. The summed E-state index contributed by atoms with van der Waals surface area (Å²) in [5, 5.41) is 2.81. The molecule has 1 aliphatic heterocycles. The van der Waals surface area contributed by atoms with Gasteiger partial charge in [-0.15, -0.1) is 0 Å². The molecule has 0 aliphatic carbocycles. The Morgan fingerprint density at radius 3 is 2.37 bits per heavy atom. The van der Waals surface area contributed by atoms with E-state index in [4.69, 9.17) is 0 Å². The molecule has 0 radical (unpaired) electrons. The molecule has 162 valence electrons. The van der Waals surface area contributed by atoms with Gasteiger partial charge in [0, 0.05) is 31.9 Å². The highest BCUT2D eigenvalue weighted by Gasteiger charge is 2.43. The smallest absolute Gasteiger partial charge is 0.370 e. The van der Waals surface area contributed by atoms with Crippen LogP contribution in [0.25, 0.3) is 11.5 Å². The van der Waals surface area contributed by atoms with Gasteiger partial charge in [0.05, 0.1) is 0 Å². The van der Waals surface area contributed by atoms with E-state index in [2.05, 4.69) is 20.3 Å². The number of rotatable bonds is 4. The first kappa shape index (κ1) is 21.8. The van der Waals surface area contributed by atoms with Crippen molar-refractivity contribution in [2.24, 2.45) is 5.92 Å². The molecule has 1 N–H and O–H groups in total. The number of halogens is 6. The molecule has 0 atom stereocenters. The number of carbonyl (C=O) groups excluding carboxylic acids is 1. The molecule has 3 rings (SSSR count). The van der Waals surface area contributed by atoms with Gasteiger partial charge in [-0.3, -0.25) is 9.78 Å². The minimum absolute atomic E-state index is 0.0632. The van der Waals surface area contributed by atoms with Gasteiger partial charge in [-0.25, -0.2) is 9.97 Å². The van der Waals surface area contributed by atoms with E-state index in [1.54, 1.807) is 12.1 Å². The number of likely N-dealkylation sites (tertiary alicyclic amines) is 1. The summed E-state index contributed by atoms with van der Waals surface area (Å²) in [5.74, 6) is -2.25. The largest absolute Gasteiger partial charge is 0.471 e. The van der Waals surface area contributed by atoms with Crippen LogP contribution < -0.4 is 5.32 Å². The summed E-state index contributed by atoms with van der Waals surface area (Å²) in [7, 11) is 0. The Balaban J connectivity index is 1.68. The summed E-state index contributed by atoms with van der Waals surface area (Å²) in [5.41, 5.74) is -0.961. The molecule has 1 fully saturated rings. The lowest BCUT2D eigenvalue weighted by molar-refractivity contribution is -0.186. The number of amides is 1. The normalized spacial score (nSPS) is 15.9. The van der Waals surface area contributed by atoms with Crippen molar-refractivity contribution in [1.82, 2.24) is 19.9 Å². The first-order valence-corrected chi connectivity index (χ1v) is 9.01. The van der Waals surface area contributed by atoms with Crippen LogP contribution in [-0.4, -0.2) is 51.6 Å². The van der Waals surface area contributed by atoms with E-state index in [0.717, 1.165) is 11.0 Å². The monoisotopic (exact) mass is 433 g/mol. The molecule has 1 amide bonds. The number of aromatic nitrogens is 3. The van der Waals surface area contributed by atoms with Crippen LogP contribution in [0.2, 0.25) is 0 Å². The Morgan fingerprint density at radius 2 is 1.80 bits per heavy atom. The number of carbonyl (C=O) groups is 1. The van der Waals surface area contributed by atoms with Crippen LogP contribution in [0.1, 0.15) is 18.5 Å². The second-order valence-electron chi connectivity index (χ2n) is 6.79. The maximum atomic E-state index is 13.2. The lowest BCUT2D eigenvalue weighted by Gasteiger charge is -2.32. The van der Waals surface area contributed by atoms with E-state index in [-0.39, 0.29) is 42.9 Å². The summed E-state index contributed by atoms with van der Waals surface area (Å²) in [6.07, 6.45) is -7.62. The summed E-state index contributed by atoms with van der Waals surface area (Å²) < 4.78 is 77.1. The lowest BCUT2D eigenvalue weighted by atomic mass is 9.96. The number of piperidine rings is 1. The summed E-state index contributed by atoms with van der Waals surface area (Å²) in [4.78, 5) is 23.6. The molecule has 0 unspecified atom stereocenters. The summed E-state index contributed by atoms with van der Waals surface area (Å²) in [6.45, 7) is 0.0624. The van der Waals surface area contributed by atoms with Gasteiger partial charge in [0.1, 0.15) is 11.5 Å². The van der Waals surface area contributed by atoms with E-state index in [1.807, 2.05) is 0 Å². The molecule has 2 aromatic rings. The fourth-order valence-corrected chi connectivity index (χ4v) is 3.06. The Labute approximate surface area is 167 Å². The molecule has 1 aliphatic rings. The maximum absolute atomic E-state index is 13.2. The second-order valence-corrected chi connectivity index (χ2v) is 6.79. The standard InChI is InChI=1S/C18H17F6N5O/c19-17(20,21)13-9-14(28-15(27-13)12-3-1-2-6-25-12)26-10-11-4-7-29(8-5-11)16(30)18(22,23)24/h1-3,6,9,11H,4-5,7-8,10H2,(H,26,27,28). The van der Waals surface area contributed by atoms with E-state index >= 15 is 0 Å². The molecular weight excluding hydrogens is 416 g/mol. The highest BCUT2D eigenvalue weighted by Crippen LogP contribution is 2.31. The van der Waals surface area contributed by atoms with Crippen molar-refractivity contribution >= 4 is 11.7 Å². The first-order chi connectivity index (χ1) is 14.0. The highest BCUT2D eigenvalue weighted by molar-refractivity contribution is 5.81. The average Bonchev–Trinajstić information content (AvgIpc) is 2.71. The fourth-order valence-electron chi connectivity index (χ4n) is 3.06. The average molecular weight is 433 g/mol. The molecule has 6 nitrogen and oxygen atoms in total. The third kappa shape index (κ3) is 5.36. The van der Waals surface area contributed by atoms with Crippen LogP contribution >= 0.6 is 0 Å². The van der Waals surface area contributed by atoms with Gasteiger partial charge in [-0.2, -0.15) is 26.3 Å². The highest BCUT2D eigenvalue weighted by atomic mass is 19.4. The van der Waals surface area contributed by atoms with Gasteiger partial charge in [0.2, 0.25) is 0 Å². The van der Waals surface area contributed by atoms with Crippen LogP contribution in [-0.2, 0) is 11.0 Å². The maximum Gasteiger partial charge on any atom is 0.471 e. The van der Waals surface area contributed by atoms with Crippen molar-refractivity contribution in [2.45, 2.75) is 25.2 Å². The molecule has 3 heterocycles. The number of alkyl halides is 6. The lowest BCUT2D eigenvalue weighted by Crippen LogP contribution is -2.46. The number of pyridine rings is 1. The van der Waals surface area contributed by atoms with Gasteiger partial charge >= 0.3 is 18.3 Å². The zero-order valence-corrected chi connectivity index (χ0v) is 15.5. The number of anilines is 1. The molecule has 1 saturated heterocycles. The molecule has 0 aromatic carbocycles.